The van der Waals surface area contributed by atoms with E-state index in [0.717, 1.165) is 18.5 Å². The Balaban J connectivity index is 2.30. The van der Waals surface area contributed by atoms with Gasteiger partial charge in [0, 0.05) is 12.4 Å². The quantitative estimate of drug-likeness (QED) is 0.682. The second kappa shape index (κ2) is 3.93. The van der Waals surface area contributed by atoms with Crippen molar-refractivity contribution in [3.63, 3.8) is 0 Å². The van der Waals surface area contributed by atoms with Gasteiger partial charge in [-0.05, 0) is 23.8 Å². The molecule has 1 aliphatic carbocycles. The summed E-state index contributed by atoms with van der Waals surface area (Å²) in [6.07, 6.45) is 9.37. The van der Waals surface area contributed by atoms with Gasteiger partial charge in [0.2, 0.25) is 0 Å². The van der Waals surface area contributed by atoms with Crippen LogP contribution in [0.15, 0.2) is 24.7 Å². The van der Waals surface area contributed by atoms with Crippen LogP contribution in [0.5, 0.6) is 0 Å². The van der Waals surface area contributed by atoms with Crippen molar-refractivity contribution >= 4 is 17.2 Å². The highest BCUT2D eigenvalue weighted by atomic mass is 35.5. The first-order valence-electron chi connectivity index (χ1n) is 5.18. The molecule has 1 aliphatic rings. The Morgan fingerprint density at radius 3 is 2.80 bits per heavy atom. The smallest absolute Gasteiger partial charge is 0.0842 e. The molecule has 2 nitrogen and oxygen atoms in total. The van der Waals surface area contributed by atoms with E-state index in [2.05, 4.69) is 29.9 Å². The second-order valence-corrected chi connectivity index (χ2v) is 5.40. The third kappa shape index (κ3) is 2.57. The van der Waals surface area contributed by atoms with Crippen LogP contribution in [0.3, 0.4) is 0 Å². The van der Waals surface area contributed by atoms with Gasteiger partial charge in [0.15, 0.2) is 0 Å². The molecule has 0 saturated carbocycles. The highest BCUT2D eigenvalue weighted by Gasteiger charge is 2.28. The Morgan fingerprint density at radius 2 is 2.20 bits per heavy atom. The topological polar surface area (TPSA) is 25.8 Å². The highest BCUT2D eigenvalue weighted by Crippen LogP contribution is 2.40. The summed E-state index contributed by atoms with van der Waals surface area (Å²) >= 11 is 6.22. The number of aromatic nitrogens is 2. The number of alkyl halides is 1. The maximum absolute atomic E-state index is 6.22. The highest BCUT2D eigenvalue weighted by molar-refractivity contribution is 6.22. The number of hydrogen-bond donors (Lipinski definition) is 0. The molecule has 0 radical (unpaired) electrons. The number of nitrogens with zero attached hydrogens (tertiary/aromatic N) is 2. The first-order chi connectivity index (χ1) is 7.07. The van der Waals surface area contributed by atoms with Crippen LogP contribution in [0.2, 0.25) is 0 Å². The van der Waals surface area contributed by atoms with Gasteiger partial charge in [0.05, 0.1) is 17.3 Å². The molecule has 1 heterocycles. The van der Waals surface area contributed by atoms with Gasteiger partial charge in [0.1, 0.15) is 0 Å². The summed E-state index contributed by atoms with van der Waals surface area (Å²) in [7, 11) is 0. The molecule has 0 bridgehead atoms. The van der Waals surface area contributed by atoms with E-state index in [-0.39, 0.29) is 10.8 Å². The van der Waals surface area contributed by atoms with E-state index in [0.29, 0.717) is 0 Å². The third-order valence-electron chi connectivity index (χ3n) is 2.69. The Kier molecular flexibility index (Phi) is 2.79. The predicted octanol–water partition coefficient (Wildman–Crippen LogP) is 3.29. The average molecular weight is 223 g/mol. The van der Waals surface area contributed by atoms with Crippen LogP contribution >= 0.6 is 11.6 Å². The van der Waals surface area contributed by atoms with Crippen LogP contribution in [0.1, 0.15) is 32.4 Å². The first-order valence-corrected chi connectivity index (χ1v) is 5.62. The summed E-state index contributed by atoms with van der Waals surface area (Å²) in [6.45, 7) is 4.48. The lowest BCUT2D eigenvalue weighted by molar-refractivity contribution is 0.340. The van der Waals surface area contributed by atoms with E-state index in [9.17, 15) is 0 Å². The number of halogens is 1. The molecule has 0 saturated heterocycles. The molecule has 80 valence electrons. The Bertz CT molecular complexity index is 370. The Labute approximate surface area is 95.4 Å². The summed E-state index contributed by atoms with van der Waals surface area (Å²) < 4.78 is 0. The number of allylic oxidation sites excluding steroid dienone is 2. The summed E-state index contributed by atoms with van der Waals surface area (Å²) in [5, 5.41) is 0.116. The normalized spacial score (nSPS) is 24.7. The molecule has 15 heavy (non-hydrogen) atoms. The Hall–Kier alpha value is -0.890. The van der Waals surface area contributed by atoms with Gasteiger partial charge in [-0.2, -0.15) is 0 Å². The molecule has 1 aromatic rings. The van der Waals surface area contributed by atoms with Gasteiger partial charge in [-0.3, -0.25) is 9.97 Å². The zero-order valence-electron chi connectivity index (χ0n) is 9.07. The van der Waals surface area contributed by atoms with E-state index in [4.69, 9.17) is 11.6 Å². The van der Waals surface area contributed by atoms with Crippen LogP contribution in [0.4, 0.5) is 0 Å². The fourth-order valence-corrected chi connectivity index (χ4v) is 2.66. The van der Waals surface area contributed by atoms with Crippen LogP contribution in [0, 0.1) is 5.41 Å². The van der Waals surface area contributed by atoms with Crippen molar-refractivity contribution in [2.24, 2.45) is 5.41 Å². The first kappa shape index (κ1) is 10.6. The molecular formula is C12H15ClN2. The zero-order chi connectivity index (χ0) is 10.9. The maximum atomic E-state index is 6.22. The SMILES string of the molecule is CC1(C)CC(c2cnccn2)=CC(Cl)C1. The minimum atomic E-state index is 0.116. The van der Waals surface area contributed by atoms with Crippen molar-refractivity contribution in [3.8, 4) is 0 Å². The van der Waals surface area contributed by atoms with Crippen LogP contribution < -0.4 is 0 Å². The Morgan fingerprint density at radius 1 is 1.40 bits per heavy atom. The molecule has 0 spiro atoms. The molecule has 0 amide bonds. The molecular weight excluding hydrogens is 208 g/mol. The number of rotatable bonds is 1. The monoisotopic (exact) mass is 222 g/mol. The van der Waals surface area contributed by atoms with Gasteiger partial charge in [-0.15, -0.1) is 11.6 Å². The average Bonchev–Trinajstić information content (AvgIpc) is 2.16. The van der Waals surface area contributed by atoms with Gasteiger partial charge >= 0.3 is 0 Å². The second-order valence-electron chi connectivity index (χ2n) is 4.84. The van der Waals surface area contributed by atoms with E-state index in [1.54, 1.807) is 18.6 Å². The summed E-state index contributed by atoms with van der Waals surface area (Å²) in [4.78, 5) is 8.40. The van der Waals surface area contributed by atoms with Gasteiger partial charge in [-0.25, -0.2) is 0 Å². The molecule has 3 heteroatoms. The van der Waals surface area contributed by atoms with Crippen LogP contribution in [-0.4, -0.2) is 15.3 Å². The van der Waals surface area contributed by atoms with Crippen molar-refractivity contribution in [1.82, 2.24) is 9.97 Å². The predicted molar refractivity (Wildman–Crippen MR) is 62.7 cm³/mol. The molecule has 1 unspecified atom stereocenters. The standard InChI is InChI=1S/C12H15ClN2/c1-12(2)6-9(5-10(13)7-12)11-8-14-3-4-15-11/h3-5,8,10H,6-7H2,1-2H3. The minimum absolute atomic E-state index is 0.116. The lowest BCUT2D eigenvalue weighted by atomic mass is 9.76. The van der Waals surface area contributed by atoms with E-state index < -0.39 is 0 Å². The lowest BCUT2D eigenvalue weighted by Gasteiger charge is -2.31. The third-order valence-corrected chi connectivity index (χ3v) is 2.97. The van der Waals surface area contributed by atoms with Crippen LogP contribution in [-0.2, 0) is 0 Å². The fourth-order valence-electron chi connectivity index (χ4n) is 2.09. The van der Waals surface area contributed by atoms with Crippen molar-refractivity contribution in [3.05, 3.63) is 30.4 Å². The van der Waals surface area contributed by atoms with Crippen molar-refractivity contribution in [2.45, 2.75) is 32.1 Å². The molecule has 0 fully saturated rings. The largest absolute Gasteiger partial charge is 0.261 e. The van der Waals surface area contributed by atoms with E-state index in [1.165, 1.54) is 5.57 Å². The summed E-state index contributed by atoms with van der Waals surface area (Å²) in [5.74, 6) is 0. The molecule has 1 atom stereocenters. The van der Waals surface area contributed by atoms with Gasteiger partial charge in [-0.1, -0.05) is 19.9 Å². The van der Waals surface area contributed by atoms with Gasteiger partial charge in [0.25, 0.3) is 0 Å². The molecule has 2 rings (SSSR count). The molecule has 0 aliphatic heterocycles. The molecule has 0 N–H and O–H groups in total. The number of hydrogen-bond acceptors (Lipinski definition) is 2. The zero-order valence-corrected chi connectivity index (χ0v) is 9.83. The maximum Gasteiger partial charge on any atom is 0.0842 e. The van der Waals surface area contributed by atoms with Gasteiger partial charge < -0.3 is 0 Å². The minimum Gasteiger partial charge on any atom is -0.261 e. The van der Waals surface area contributed by atoms with Crippen LogP contribution in [0.25, 0.3) is 5.57 Å². The molecule has 1 aromatic heterocycles. The van der Waals surface area contributed by atoms with E-state index >= 15 is 0 Å². The fraction of sp³-hybridized carbons (Fsp3) is 0.500. The van der Waals surface area contributed by atoms with Crippen molar-refractivity contribution in [2.75, 3.05) is 0 Å². The lowest BCUT2D eigenvalue weighted by Crippen LogP contribution is -2.22. The summed E-state index contributed by atoms with van der Waals surface area (Å²) in [5.41, 5.74) is 2.43. The molecule has 0 aromatic carbocycles. The van der Waals surface area contributed by atoms with E-state index in [1.807, 2.05) is 0 Å². The summed E-state index contributed by atoms with van der Waals surface area (Å²) in [6, 6.07) is 0. The van der Waals surface area contributed by atoms with Crippen molar-refractivity contribution in [1.29, 1.82) is 0 Å². The van der Waals surface area contributed by atoms with Crippen molar-refractivity contribution < 1.29 is 0 Å².